The summed E-state index contributed by atoms with van der Waals surface area (Å²) in [6.45, 7) is 0. The first-order valence-corrected chi connectivity index (χ1v) is 17.2. The lowest BCUT2D eigenvalue weighted by Gasteiger charge is -2.52. The molecule has 0 bridgehead atoms. The van der Waals surface area contributed by atoms with Crippen LogP contribution in [0.4, 0.5) is 22.0 Å². The van der Waals surface area contributed by atoms with Crippen LogP contribution in [-0.2, 0) is 17.2 Å². The van der Waals surface area contributed by atoms with Gasteiger partial charge in [-0.1, -0.05) is 51.0 Å². The minimum Gasteiger partial charge on any atom is -0.508 e. The Morgan fingerprint density at radius 1 is 0.854 bits per heavy atom. The molecule has 0 saturated heterocycles. The quantitative estimate of drug-likeness (QED) is 0.155. The van der Waals surface area contributed by atoms with Crippen LogP contribution >= 0.6 is 0 Å². The monoisotopic (exact) mass is 606 g/mol. The normalized spacial score (nSPS) is 28.6. The third-order valence-electron chi connectivity index (χ3n) is 10.4. The maximum Gasteiger partial charge on any atom is 0.453 e. The second-order valence-corrected chi connectivity index (χ2v) is 14.6. The van der Waals surface area contributed by atoms with Crippen LogP contribution in [0.25, 0.3) is 0 Å². The van der Waals surface area contributed by atoms with E-state index in [9.17, 15) is 36.4 Å². The van der Waals surface area contributed by atoms with Gasteiger partial charge in [0.15, 0.2) is 0 Å². The second kappa shape index (κ2) is 14.0. The van der Waals surface area contributed by atoms with Gasteiger partial charge in [-0.2, -0.15) is 22.0 Å². The van der Waals surface area contributed by atoms with E-state index >= 15 is 0 Å². The summed E-state index contributed by atoms with van der Waals surface area (Å²) in [4.78, 5) is 0. The lowest BCUT2D eigenvalue weighted by atomic mass is 9.53. The van der Waals surface area contributed by atoms with Gasteiger partial charge >= 0.3 is 12.1 Å². The minimum atomic E-state index is -5.54. The number of aliphatic hydroxyl groups is 1. The van der Waals surface area contributed by atoms with Gasteiger partial charge in [0.2, 0.25) is 0 Å². The van der Waals surface area contributed by atoms with Gasteiger partial charge in [-0.15, -0.1) is 0 Å². The number of hydrogen-bond donors (Lipinski definition) is 2. The number of aliphatic hydroxyl groups excluding tert-OH is 1. The molecule has 2 fully saturated rings. The molecule has 3 aliphatic rings. The van der Waals surface area contributed by atoms with E-state index in [-0.39, 0.29) is 17.3 Å². The summed E-state index contributed by atoms with van der Waals surface area (Å²) in [5.41, 5.74) is 2.79. The molecule has 0 amide bonds. The summed E-state index contributed by atoms with van der Waals surface area (Å²) in [6.07, 6.45) is 8.38. The van der Waals surface area contributed by atoms with E-state index in [1.165, 1.54) is 11.1 Å². The Balaban J connectivity index is 1.08. The number of rotatable bonds is 15. The van der Waals surface area contributed by atoms with Crippen LogP contribution in [0.1, 0.15) is 120 Å². The molecular formula is C32H47F5O3S. The maximum atomic E-state index is 12.9. The number of unbranched alkanes of at least 4 members (excludes halogenated alkanes) is 7. The van der Waals surface area contributed by atoms with E-state index in [0.29, 0.717) is 35.7 Å². The van der Waals surface area contributed by atoms with E-state index in [1.807, 2.05) is 12.1 Å². The number of aryl methyl sites for hydroxylation is 1. The van der Waals surface area contributed by atoms with E-state index in [2.05, 4.69) is 6.07 Å². The smallest absolute Gasteiger partial charge is 0.453 e. The summed E-state index contributed by atoms with van der Waals surface area (Å²) >= 11 is 0. The van der Waals surface area contributed by atoms with Gasteiger partial charge in [-0.3, -0.25) is 4.21 Å². The Morgan fingerprint density at radius 3 is 2.22 bits per heavy atom. The number of phenols is 1. The lowest BCUT2D eigenvalue weighted by Crippen LogP contribution is -2.45. The number of fused-ring (bicyclic) bond motifs is 5. The van der Waals surface area contributed by atoms with Gasteiger partial charge in [0, 0.05) is 28.7 Å². The summed E-state index contributed by atoms with van der Waals surface area (Å²) in [6, 6.07) is 5.90. The number of benzene rings is 1. The zero-order valence-electron chi connectivity index (χ0n) is 24.1. The fraction of sp³-hybridized carbons (Fsp3) is 0.812. The van der Waals surface area contributed by atoms with Gasteiger partial charge in [0.1, 0.15) is 5.75 Å². The van der Waals surface area contributed by atoms with Gasteiger partial charge in [0.25, 0.3) is 0 Å². The third kappa shape index (κ3) is 7.84. The van der Waals surface area contributed by atoms with Gasteiger partial charge in [0.05, 0.1) is 6.10 Å². The van der Waals surface area contributed by atoms with Crippen molar-refractivity contribution in [3.05, 3.63) is 29.3 Å². The first-order chi connectivity index (χ1) is 19.4. The predicted octanol–water partition coefficient (Wildman–Crippen LogP) is 8.83. The Hall–Kier alpha value is -1.22. The lowest BCUT2D eigenvalue weighted by molar-refractivity contribution is -0.284. The molecule has 0 aromatic heterocycles. The molecule has 1 aromatic carbocycles. The molecule has 3 aliphatic carbocycles. The summed E-state index contributed by atoms with van der Waals surface area (Å²) in [7, 11) is -1.35. The molecule has 0 spiro atoms. The summed E-state index contributed by atoms with van der Waals surface area (Å²) < 4.78 is 74.3. The highest BCUT2D eigenvalue weighted by Crippen LogP contribution is 2.63. The van der Waals surface area contributed by atoms with Gasteiger partial charge in [-0.05, 0) is 104 Å². The largest absolute Gasteiger partial charge is 0.508 e. The molecule has 4 rings (SSSR count). The van der Waals surface area contributed by atoms with Gasteiger partial charge < -0.3 is 10.2 Å². The first-order valence-electron chi connectivity index (χ1n) is 15.7. The average Bonchev–Trinajstić information content (AvgIpc) is 3.25. The molecule has 3 nitrogen and oxygen atoms in total. The van der Waals surface area contributed by atoms with Crippen LogP contribution in [-0.4, -0.2) is 44.1 Å². The highest BCUT2D eigenvalue weighted by molar-refractivity contribution is 7.84. The highest BCUT2D eigenvalue weighted by atomic mass is 32.2. The van der Waals surface area contributed by atoms with E-state index in [0.717, 1.165) is 89.9 Å². The number of phenolic OH excluding ortho intramolecular Hbond substituents is 1. The summed E-state index contributed by atoms with van der Waals surface area (Å²) in [5, 5.41) is 21.1. The van der Waals surface area contributed by atoms with Crippen molar-refractivity contribution >= 4 is 10.8 Å². The molecule has 2 N–H and O–H groups in total. The standard InChI is InChI=1S/C32H47F5O3S/c33-31(34,32(35,36)37)18-9-21-41(40)20-8-6-4-2-1-3-5-7-17-30-19-16-26-25-13-11-24(38)22-23(25)10-12-27(26)28(30)14-15-29(30)39/h11,13,22,26-29,38-39H,1-10,12,14-21H2/t26-,27-,28+,29+,30+,41?/m1/s1. The zero-order valence-corrected chi connectivity index (χ0v) is 24.9. The fourth-order valence-corrected chi connectivity index (χ4v) is 9.50. The molecule has 0 aliphatic heterocycles. The van der Waals surface area contributed by atoms with Crippen LogP contribution in [0.3, 0.4) is 0 Å². The molecular weight excluding hydrogens is 559 g/mol. The molecule has 2 saturated carbocycles. The molecule has 1 aromatic rings. The average molecular weight is 607 g/mol. The molecule has 9 heteroatoms. The van der Waals surface area contributed by atoms with Crippen molar-refractivity contribution in [2.75, 3.05) is 11.5 Å². The number of aromatic hydroxyl groups is 1. The van der Waals surface area contributed by atoms with E-state index < -0.39 is 35.7 Å². The highest BCUT2D eigenvalue weighted by Gasteiger charge is 2.57. The summed E-state index contributed by atoms with van der Waals surface area (Å²) in [5.74, 6) is -2.32. The van der Waals surface area contributed by atoms with Crippen LogP contribution in [0, 0.1) is 17.3 Å². The first kappa shape index (κ1) is 32.7. The molecule has 41 heavy (non-hydrogen) atoms. The number of alkyl halides is 5. The third-order valence-corrected chi connectivity index (χ3v) is 11.9. The molecule has 234 valence electrons. The Kier molecular flexibility index (Phi) is 11.2. The van der Waals surface area contributed by atoms with Crippen LogP contribution in [0.2, 0.25) is 0 Å². The molecule has 0 heterocycles. The minimum absolute atomic E-state index is 0.0634. The molecule has 0 radical (unpaired) electrons. The van der Waals surface area contributed by atoms with Gasteiger partial charge in [-0.25, -0.2) is 0 Å². The van der Waals surface area contributed by atoms with Crippen molar-refractivity contribution in [2.45, 2.75) is 133 Å². The Labute approximate surface area is 244 Å². The van der Waals surface area contributed by atoms with Crippen molar-refractivity contribution in [3.8, 4) is 5.75 Å². The maximum absolute atomic E-state index is 12.9. The number of hydrogen-bond acceptors (Lipinski definition) is 3. The van der Waals surface area contributed by atoms with Crippen molar-refractivity contribution in [1.82, 2.24) is 0 Å². The zero-order chi connectivity index (χ0) is 29.7. The van der Waals surface area contributed by atoms with Crippen molar-refractivity contribution < 1.29 is 36.4 Å². The molecule has 1 unspecified atom stereocenters. The Bertz CT molecular complexity index is 1020. The van der Waals surface area contributed by atoms with Crippen molar-refractivity contribution in [1.29, 1.82) is 0 Å². The molecule has 6 atom stereocenters. The Morgan fingerprint density at radius 2 is 1.51 bits per heavy atom. The van der Waals surface area contributed by atoms with E-state index in [4.69, 9.17) is 0 Å². The van der Waals surface area contributed by atoms with Crippen LogP contribution < -0.4 is 0 Å². The van der Waals surface area contributed by atoms with Crippen molar-refractivity contribution in [2.24, 2.45) is 17.3 Å². The SMILES string of the molecule is O=S(CCCCCCCCCC[C@]12CC[C@@H]3c4ccc(O)cc4CC[C@H]3[C@@H]1CC[C@@H]2O)CCCC(F)(F)C(F)(F)F. The topological polar surface area (TPSA) is 57.5 Å². The predicted molar refractivity (Wildman–Crippen MR) is 153 cm³/mol. The van der Waals surface area contributed by atoms with Crippen LogP contribution in [0.5, 0.6) is 5.75 Å². The van der Waals surface area contributed by atoms with Crippen LogP contribution in [0.15, 0.2) is 18.2 Å². The van der Waals surface area contributed by atoms with Crippen molar-refractivity contribution in [3.63, 3.8) is 0 Å². The fourth-order valence-electron chi connectivity index (χ4n) is 8.31. The number of halogens is 5. The second-order valence-electron chi connectivity index (χ2n) is 12.9. The van der Waals surface area contributed by atoms with E-state index in [1.54, 1.807) is 0 Å².